The number of tetrazole rings is 1. The summed E-state index contributed by atoms with van der Waals surface area (Å²) in [5, 5.41) is 13.8. The van der Waals surface area contributed by atoms with Crippen LogP contribution in [0, 0.1) is 30.5 Å². The van der Waals surface area contributed by atoms with Crippen LogP contribution in [0.5, 0.6) is 0 Å². The smallest absolute Gasteiger partial charge is 0.247 e. The van der Waals surface area contributed by atoms with Crippen LogP contribution in [0.3, 0.4) is 0 Å². The Bertz CT molecular complexity index is 1070. The molecule has 1 aromatic carbocycles. The van der Waals surface area contributed by atoms with Crippen LogP contribution in [0.15, 0.2) is 30.4 Å². The van der Waals surface area contributed by atoms with E-state index in [9.17, 15) is 18.8 Å². The van der Waals surface area contributed by atoms with Gasteiger partial charge in [0.1, 0.15) is 17.5 Å². The molecule has 9 nitrogen and oxygen atoms in total. The van der Waals surface area contributed by atoms with Crippen molar-refractivity contribution in [1.82, 2.24) is 25.1 Å². The number of fused-ring (bicyclic) bond motifs is 1. The van der Waals surface area contributed by atoms with Crippen molar-refractivity contribution in [2.24, 2.45) is 17.8 Å². The largest absolute Gasteiger partial charge is 0.324 e. The standard InChI is InChI=1S/C22H25FN6O3/c1-12(2)10-19(28-21(31)15-6-4-5-7-16(15)22(28)32)20(30)24-14-8-9-17(23)18(11-14)29-13(3)25-26-27-29/h4-5,8-9,11-12,15-16,19H,6-7,10H2,1-3H3,(H,24,30). The van der Waals surface area contributed by atoms with E-state index in [0.29, 0.717) is 30.8 Å². The van der Waals surface area contributed by atoms with Crippen LogP contribution in [0.2, 0.25) is 0 Å². The monoisotopic (exact) mass is 440 g/mol. The fraction of sp³-hybridized carbons (Fsp3) is 0.455. The molecule has 0 spiro atoms. The fourth-order valence-electron chi connectivity index (χ4n) is 4.34. The summed E-state index contributed by atoms with van der Waals surface area (Å²) in [6, 6.07) is 3.10. The van der Waals surface area contributed by atoms with Gasteiger partial charge >= 0.3 is 0 Å². The minimum atomic E-state index is -0.941. The number of rotatable bonds is 6. The highest BCUT2D eigenvalue weighted by Crippen LogP contribution is 2.37. The molecule has 2 aromatic rings. The lowest BCUT2D eigenvalue weighted by molar-refractivity contribution is -0.147. The molecule has 0 radical (unpaired) electrons. The van der Waals surface area contributed by atoms with Crippen LogP contribution in [-0.2, 0) is 14.4 Å². The maximum Gasteiger partial charge on any atom is 0.247 e. The SMILES string of the molecule is Cc1nnnn1-c1cc(NC(=O)C(CC(C)C)N2C(=O)C3CC=CCC3C2=O)ccc1F. The van der Waals surface area contributed by atoms with Gasteiger partial charge in [-0.15, -0.1) is 5.10 Å². The minimum Gasteiger partial charge on any atom is -0.324 e. The van der Waals surface area contributed by atoms with Crippen LogP contribution < -0.4 is 5.32 Å². The number of hydrogen-bond donors (Lipinski definition) is 1. The van der Waals surface area contributed by atoms with Gasteiger partial charge in [-0.3, -0.25) is 19.3 Å². The molecule has 1 saturated heterocycles. The maximum atomic E-state index is 14.4. The molecule has 3 atom stereocenters. The number of imide groups is 1. The number of carbonyl (C=O) groups is 3. The number of hydrogen-bond acceptors (Lipinski definition) is 6. The van der Waals surface area contributed by atoms with Gasteiger partial charge < -0.3 is 5.32 Å². The minimum absolute atomic E-state index is 0.0692. The molecule has 2 aliphatic rings. The zero-order valence-electron chi connectivity index (χ0n) is 18.2. The van der Waals surface area contributed by atoms with Gasteiger partial charge in [-0.2, -0.15) is 4.68 Å². The molecule has 32 heavy (non-hydrogen) atoms. The Hall–Kier alpha value is -3.43. The van der Waals surface area contributed by atoms with Crippen LogP contribution in [0.25, 0.3) is 5.69 Å². The van der Waals surface area contributed by atoms with E-state index in [0.717, 1.165) is 4.90 Å². The molecule has 2 heterocycles. The molecule has 1 aliphatic carbocycles. The quantitative estimate of drug-likeness (QED) is 0.546. The van der Waals surface area contributed by atoms with Gasteiger partial charge in [0, 0.05) is 5.69 Å². The van der Waals surface area contributed by atoms with Crippen molar-refractivity contribution in [3.8, 4) is 5.69 Å². The molecule has 1 fully saturated rings. The van der Waals surface area contributed by atoms with Gasteiger partial charge in [-0.1, -0.05) is 26.0 Å². The molecule has 168 valence electrons. The Morgan fingerprint density at radius 1 is 1.19 bits per heavy atom. The first-order chi connectivity index (χ1) is 15.3. The van der Waals surface area contributed by atoms with Gasteiger partial charge in [0.25, 0.3) is 0 Å². The lowest BCUT2D eigenvalue weighted by Crippen LogP contribution is -2.48. The van der Waals surface area contributed by atoms with E-state index >= 15 is 0 Å². The van der Waals surface area contributed by atoms with Crippen LogP contribution in [0.1, 0.15) is 38.9 Å². The number of nitrogens with zero attached hydrogens (tertiary/aromatic N) is 5. The fourth-order valence-corrected chi connectivity index (χ4v) is 4.34. The Labute approximate surface area is 184 Å². The number of nitrogens with one attached hydrogen (secondary N) is 1. The molecule has 0 bridgehead atoms. The molecular weight excluding hydrogens is 415 g/mol. The molecular formula is C22H25FN6O3. The molecule has 1 aliphatic heterocycles. The zero-order chi connectivity index (χ0) is 23.0. The highest BCUT2D eigenvalue weighted by atomic mass is 19.1. The summed E-state index contributed by atoms with van der Waals surface area (Å²) in [4.78, 5) is 40.5. The topological polar surface area (TPSA) is 110 Å². The first kappa shape index (κ1) is 21.8. The first-order valence-electron chi connectivity index (χ1n) is 10.7. The normalized spacial score (nSPS) is 21.2. The maximum absolute atomic E-state index is 14.4. The van der Waals surface area contributed by atoms with Gasteiger partial charge in [0.15, 0.2) is 5.82 Å². The Morgan fingerprint density at radius 2 is 1.84 bits per heavy atom. The predicted octanol–water partition coefficient (Wildman–Crippen LogP) is 2.41. The number of carbonyl (C=O) groups excluding carboxylic acids is 3. The van der Waals surface area contributed by atoms with Crippen molar-refractivity contribution in [2.75, 3.05) is 5.32 Å². The second-order valence-corrected chi connectivity index (χ2v) is 8.64. The van der Waals surface area contributed by atoms with Gasteiger partial charge in [0.2, 0.25) is 17.7 Å². The molecule has 4 rings (SSSR count). The van der Waals surface area contributed by atoms with Gasteiger partial charge in [-0.05, 0) is 60.7 Å². The average Bonchev–Trinajstić information content (AvgIpc) is 3.29. The van der Waals surface area contributed by atoms with Crippen molar-refractivity contribution in [3.05, 3.63) is 42.0 Å². The summed E-state index contributed by atoms with van der Waals surface area (Å²) < 4.78 is 15.6. The molecule has 10 heteroatoms. The number of likely N-dealkylation sites (tertiary alicyclic amines) is 1. The first-order valence-corrected chi connectivity index (χ1v) is 10.7. The summed E-state index contributed by atoms with van der Waals surface area (Å²) in [5.74, 6) is -2.00. The molecule has 1 aromatic heterocycles. The van der Waals surface area contributed by atoms with Crippen molar-refractivity contribution >= 4 is 23.4 Å². The summed E-state index contributed by atoms with van der Waals surface area (Å²) in [5.41, 5.74) is 0.393. The number of benzene rings is 1. The van der Waals surface area contributed by atoms with E-state index in [-0.39, 0.29) is 23.4 Å². The lowest BCUT2D eigenvalue weighted by atomic mass is 9.85. The Morgan fingerprint density at radius 3 is 2.41 bits per heavy atom. The number of allylic oxidation sites excluding steroid dienone is 2. The zero-order valence-corrected chi connectivity index (χ0v) is 18.2. The lowest BCUT2D eigenvalue weighted by Gasteiger charge is -2.27. The second-order valence-electron chi connectivity index (χ2n) is 8.64. The van der Waals surface area contributed by atoms with E-state index in [1.807, 2.05) is 26.0 Å². The average molecular weight is 440 g/mol. The predicted molar refractivity (Wildman–Crippen MR) is 113 cm³/mol. The van der Waals surface area contributed by atoms with Crippen molar-refractivity contribution in [3.63, 3.8) is 0 Å². The number of aromatic nitrogens is 4. The van der Waals surface area contributed by atoms with Crippen LogP contribution in [-0.4, -0.2) is 48.9 Å². The van der Waals surface area contributed by atoms with Crippen LogP contribution in [0.4, 0.5) is 10.1 Å². The number of halogens is 1. The third-order valence-corrected chi connectivity index (χ3v) is 5.92. The summed E-state index contributed by atoms with van der Waals surface area (Å²) in [6.07, 6.45) is 5.17. The number of anilines is 1. The van der Waals surface area contributed by atoms with Crippen LogP contribution >= 0.6 is 0 Å². The third kappa shape index (κ3) is 3.92. The van der Waals surface area contributed by atoms with Gasteiger partial charge in [0.05, 0.1) is 11.8 Å². The molecule has 3 unspecified atom stereocenters. The number of amides is 3. The third-order valence-electron chi connectivity index (χ3n) is 5.92. The van der Waals surface area contributed by atoms with E-state index in [2.05, 4.69) is 20.8 Å². The van der Waals surface area contributed by atoms with Gasteiger partial charge in [-0.25, -0.2) is 4.39 Å². The molecule has 1 N–H and O–H groups in total. The van der Waals surface area contributed by atoms with E-state index in [4.69, 9.17) is 0 Å². The summed E-state index contributed by atoms with van der Waals surface area (Å²) in [7, 11) is 0. The van der Waals surface area contributed by atoms with Crippen molar-refractivity contribution in [1.29, 1.82) is 0 Å². The highest BCUT2D eigenvalue weighted by Gasteiger charge is 2.51. The molecule has 3 amide bonds. The number of aryl methyl sites for hydroxylation is 1. The Balaban J connectivity index is 1.60. The second kappa shape index (κ2) is 8.60. The Kier molecular flexibility index (Phi) is 5.86. The highest BCUT2D eigenvalue weighted by molar-refractivity contribution is 6.10. The molecule has 0 saturated carbocycles. The summed E-state index contributed by atoms with van der Waals surface area (Å²) >= 11 is 0. The van der Waals surface area contributed by atoms with E-state index < -0.39 is 29.6 Å². The van der Waals surface area contributed by atoms with Crippen molar-refractivity contribution < 1.29 is 18.8 Å². The van der Waals surface area contributed by atoms with E-state index in [1.165, 1.54) is 22.9 Å². The summed E-state index contributed by atoms with van der Waals surface area (Å²) in [6.45, 7) is 5.48. The van der Waals surface area contributed by atoms with E-state index in [1.54, 1.807) is 6.92 Å². The van der Waals surface area contributed by atoms with Crippen molar-refractivity contribution in [2.45, 2.75) is 46.1 Å².